The van der Waals surface area contributed by atoms with Crippen molar-refractivity contribution in [2.75, 3.05) is 6.54 Å². The van der Waals surface area contributed by atoms with Crippen LogP contribution in [0, 0.1) is 13.8 Å². The van der Waals surface area contributed by atoms with Gasteiger partial charge in [-0.05, 0) is 29.8 Å². The molecule has 0 aliphatic rings. The van der Waals surface area contributed by atoms with Crippen LogP contribution in [0.15, 0.2) is 23.4 Å². The van der Waals surface area contributed by atoms with Gasteiger partial charge in [-0.3, -0.25) is 0 Å². The first-order valence-corrected chi connectivity index (χ1v) is 6.84. The molecule has 0 spiro atoms. The van der Waals surface area contributed by atoms with Crippen LogP contribution in [0.1, 0.15) is 16.7 Å². The molecule has 5 nitrogen and oxygen atoms in total. The lowest BCUT2D eigenvalue weighted by Crippen LogP contribution is -2.12. The van der Waals surface area contributed by atoms with Crippen molar-refractivity contribution in [2.24, 2.45) is 5.73 Å². The lowest BCUT2D eigenvalue weighted by Gasteiger charge is -2.05. The molecule has 0 unspecified atom stereocenters. The summed E-state index contributed by atoms with van der Waals surface area (Å²) in [6.45, 7) is 5.42. The van der Waals surface area contributed by atoms with E-state index >= 15 is 0 Å². The van der Waals surface area contributed by atoms with Crippen LogP contribution in [0.4, 0.5) is 0 Å². The van der Waals surface area contributed by atoms with Crippen molar-refractivity contribution in [3.63, 3.8) is 0 Å². The Morgan fingerprint density at radius 3 is 2.61 bits per heavy atom. The SMILES string of the molecule is Cc1cc(C)cc(CSc2nnnn2CCN)c1. The van der Waals surface area contributed by atoms with Crippen molar-refractivity contribution in [1.82, 2.24) is 20.2 Å². The molecule has 1 heterocycles. The van der Waals surface area contributed by atoms with Crippen LogP contribution < -0.4 is 5.73 Å². The highest BCUT2D eigenvalue weighted by molar-refractivity contribution is 7.98. The number of hydrogen-bond donors (Lipinski definition) is 1. The first-order chi connectivity index (χ1) is 8.69. The molecule has 0 aliphatic carbocycles. The highest BCUT2D eigenvalue weighted by Gasteiger charge is 2.06. The van der Waals surface area contributed by atoms with Gasteiger partial charge in [0.15, 0.2) is 0 Å². The third kappa shape index (κ3) is 3.30. The summed E-state index contributed by atoms with van der Waals surface area (Å²) in [5, 5.41) is 12.4. The van der Waals surface area contributed by atoms with Crippen LogP contribution in [0.5, 0.6) is 0 Å². The Balaban J connectivity index is 2.04. The number of nitrogens with two attached hydrogens (primary N) is 1. The maximum absolute atomic E-state index is 5.51. The molecule has 0 fully saturated rings. The van der Waals surface area contributed by atoms with Gasteiger partial charge in [0.1, 0.15) is 0 Å². The number of benzene rings is 1. The lowest BCUT2D eigenvalue weighted by atomic mass is 10.1. The molecule has 6 heteroatoms. The summed E-state index contributed by atoms with van der Waals surface area (Å²) in [6.07, 6.45) is 0. The number of aromatic nitrogens is 4. The van der Waals surface area contributed by atoms with E-state index in [1.165, 1.54) is 16.7 Å². The maximum Gasteiger partial charge on any atom is 0.209 e. The van der Waals surface area contributed by atoms with Crippen molar-refractivity contribution in [2.45, 2.75) is 31.3 Å². The zero-order chi connectivity index (χ0) is 13.0. The average molecular weight is 263 g/mol. The fourth-order valence-corrected chi connectivity index (χ4v) is 2.70. The molecule has 1 aromatic carbocycles. The van der Waals surface area contributed by atoms with Crippen LogP contribution in [0.3, 0.4) is 0 Å². The standard InChI is InChI=1S/C12H17N5S/c1-9-5-10(2)7-11(6-9)8-18-12-14-15-16-17(12)4-3-13/h5-7H,3-4,8,13H2,1-2H3. The smallest absolute Gasteiger partial charge is 0.209 e. The number of hydrogen-bond acceptors (Lipinski definition) is 5. The van der Waals surface area contributed by atoms with Gasteiger partial charge in [0.25, 0.3) is 0 Å². The third-order valence-corrected chi connectivity index (χ3v) is 3.52. The third-order valence-electron chi connectivity index (χ3n) is 2.49. The van der Waals surface area contributed by atoms with Gasteiger partial charge in [-0.1, -0.05) is 41.1 Å². The molecule has 2 N–H and O–H groups in total. The first kappa shape index (κ1) is 13.0. The Bertz CT molecular complexity index is 503. The first-order valence-electron chi connectivity index (χ1n) is 5.85. The van der Waals surface area contributed by atoms with E-state index in [0.717, 1.165) is 10.9 Å². The summed E-state index contributed by atoms with van der Waals surface area (Å²) in [4.78, 5) is 0. The fraction of sp³-hybridized carbons (Fsp3) is 0.417. The predicted octanol–water partition coefficient (Wildman–Crippen LogP) is 1.54. The van der Waals surface area contributed by atoms with E-state index in [2.05, 4.69) is 47.6 Å². The molecule has 0 radical (unpaired) electrons. The number of tetrazole rings is 1. The molecule has 0 atom stereocenters. The Morgan fingerprint density at radius 2 is 1.94 bits per heavy atom. The number of nitrogens with zero attached hydrogens (tertiary/aromatic N) is 4. The summed E-state index contributed by atoms with van der Waals surface area (Å²) in [5.41, 5.74) is 9.37. The highest BCUT2D eigenvalue weighted by Crippen LogP contribution is 2.21. The van der Waals surface area contributed by atoms with Crippen LogP contribution in [0.25, 0.3) is 0 Å². The van der Waals surface area contributed by atoms with E-state index in [0.29, 0.717) is 13.1 Å². The van der Waals surface area contributed by atoms with Gasteiger partial charge in [-0.25, -0.2) is 4.68 Å². The Labute approximate surface area is 111 Å². The van der Waals surface area contributed by atoms with Crippen LogP contribution in [-0.4, -0.2) is 26.8 Å². The Hall–Kier alpha value is -1.40. The number of rotatable bonds is 5. The van der Waals surface area contributed by atoms with E-state index in [1.807, 2.05) is 0 Å². The molecule has 2 aromatic rings. The van der Waals surface area contributed by atoms with E-state index in [-0.39, 0.29) is 0 Å². The maximum atomic E-state index is 5.51. The van der Waals surface area contributed by atoms with Crippen LogP contribution in [-0.2, 0) is 12.3 Å². The molecular formula is C12H17N5S. The normalized spacial score (nSPS) is 10.8. The minimum absolute atomic E-state index is 0.544. The molecule has 18 heavy (non-hydrogen) atoms. The average Bonchev–Trinajstić information content (AvgIpc) is 2.73. The van der Waals surface area contributed by atoms with Crippen LogP contribution >= 0.6 is 11.8 Å². The summed E-state index contributed by atoms with van der Waals surface area (Å²) >= 11 is 1.64. The van der Waals surface area contributed by atoms with E-state index in [1.54, 1.807) is 16.4 Å². The van der Waals surface area contributed by atoms with E-state index in [4.69, 9.17) is 5.73 Å². The molecule has 0 saturated carbocycles. The summed E-state index contributed by atoms with van der Waals surface area (Å²) in [5.74, 6) is 0.869. The second-order valence-electron chi connectivity index (χ2n) is 4.26. The Morgan fingerprint density at radius 1 is 1.22 bits per heavy atom. The van der Waals surface area contributed by atoms with Gasteiger partial charge in [-0.15, -0.1) is 5.10 Å². The van der Waals surface area contributed by atoms with Crippen molar-refractivity contribution in [1.29, 1.82) is 0 Å². The van der Waals surface area contributed by atoms with E-state index in [9.17, 15) is 0 Å². The van der Waals surface area contributed by atoms with Gasteiger partial charge in [0, 0.05) is 12.3 Å². The molecule has 0 aliphatic heterocycles. The zero-order valence-electron chi connectivity index (χ0n) is 10.6. The molecule has 96 valence electrons. The number of aryl methyl sites for hydroxylation is 2. The monoisotopic (exact) mass is 263 g/mol. The largest absolute Gasteiger partial charge is 0.329 e. The second kappa shape index (κ2) is 5.97. The Kier molecular flexibility index (Phi) is 4.33. The minimum Gasteiger partial charge on any atom is -0.329 e. The van der Waals surface area contributed by atoms with Crippen molar-refractivity contribution in [3.8, 4) is 0 Å². The van der Waals surface area contributed by atoms with Gasteiger partial charge in [-0.2, -0.15) is 0 Å². The highest BCUT2D eigenvalue weighted by atomic mass is 32.2. The molecule has 2 rings (SSSR count). The molecule has 1 aromatic heterocycles. The van der Waals surface area contributed by atoms with Crippen LogP contribution in [0.2, 0.25) is 0 Å². The predicted molar refractivity (Wildman–Crippen MR) is 72.3 cm³/mol. The number of thioether (sulfide) groups is 1. The van der Waals surface area contributed by atoms with Gasteiger partial charge in [0.2, 0.25) is 5.16 Å². The van der Waals surface area contributed by atoms with Gasteiger partial charge in [0.05, 0.1) is 6.54 Å². The van der Waals surface area contributed by atoms with Crippen molar-refractivity contribution >= 4 is 11.8 Å². The molecule has 0 amide bonds. The van der Waals surface area contributed by atoms with Crippen molar-refractivity contribution < 1.29 is 0 Å². The topological polar surface area (TPSA) is 69.6 Å². The lowest BCUT2D eigenvalue weighted by molar-refractivity contribution is 0.557. The van der Waals surface area contributed by atoms with Crippen molar-refractivity contribution in [3.05, 3.63) is 34.9 Å². The zero-order valence-corrected chi connectivity index (χ0v) is 11.4. The summed E-state index contributed by atoms with van der Waals surface area (Å²) in [7, 11) is 0. The minimum atomic E-state index is 0.544. The van der Waals surface area contributed by atoms with E-state index < -0.39 is 0 Å². The molecular weight excluding hydrogens is 246 g/mol. The summed E-state index contributed by atoms with van der Waals surface area (Å²) < 4.78 is 1.74. The summed E-state index contributed by atoms with van der Waals surface area (Å²) in [6, 6.07) is 6.56. The quantitative estimate of drug-likeness (QED) is 0.829. The molecule has 0 saturated heterocycles. The molecule has 0 bridgehead atoms. The second-order valence-corrected chi connectivity index (χ2v) is 5.20. The van der Waals surface area contributed by atoms with Gasteiger partial charge < -0.3 is 5.73 Å². The van der Waals surface area contributed by atoms with Gasteiger partial charge >= 0.3 is 0 Å². The fourth-order valence-electron chi connectivity index (χ4n) is 1.86.